The Kier molecular flexibility index (Phi) is 4.37. The minimum atomic E-state index is -0.606. The minimum absolute atomic E-state index is 0.107. The highest BCUT2D eigenvalue weighted by Crippen LogP contribution is 2.23. The molecule has 1 aliphatic rings. The first-order valence-electron chi connectivity index (χ1n) is 6.23. The number of nitrogens with one attached hydrogen (secondary N) is 1. The fourth-order valence-corrected chi connectivity index (χ4v) is 2.82. The molecule has 0 aromatic carbocycles. The highest BCUT2D eigenvalue weighted by atomic mass is 32.1. The molecule has 0 radical (unpaired) electrons. The largest absolute Gasteiger partial charge is 0.389 e. The second-order valence-corrected chi connectivity index (χ2v) is 5.85. The van der Waals surface area contributed by atoms with Gasteiger partial charge < -0.3 is 15.2 Å². The summed E-state index contributed by atoms with van der Waals surface area (Å²) in [4.78, 5) is 13.2. The van der Waals surface area contributed by atoms with E-state index in [1.54, 1.807) is 11.3 Å². The number of aliphatic hydroxyl groups excluding tert-OH is 1. The molecule has 2 N–H and O–H groups in total. The summed E-state index contributed by atoms with van der Waals surface area (Å²) >= 11 is 1.60. The fourth-order valence-electron chi connectivity index (χ4n) is 1.92. The molecule has 1 aromatic heterocycles. The molecule has 1 aliphatic heterocycles. The van der Waals surface area contributed by atoms with Crippen molar-refractivity contribution in [3.8, 4) is 0 Å². The van der Waals surface area contributed by atoms with Crippen LogP contribution < -0.4 is 5.32 Å². The van der Waals surface area contributed by atoms with Crippen LogP contribution in [0.4, 0.5) is 0 Å². The normalized spacial score (nSPS) is 24.2. The van der Waals surface area contributed by atoms with Crippen LogP contribution in [0.1, 0.15) is 41.4 Å². The van der Waals surface area contributed by atoms with E-state index in [-0.39, 0.29) is 11.9 Å². The SMILES string of the molecule is CC(C)c1cc(C(=O)N[C@@H]2CCOC[C@H]2O)cs1. The highest BCUT2D eigenvalue weighted by molar-refractivity contribution is 7.10. The van der Waals surface area contributed by atoms with Gasteiger partial charge in [-0.3, -0.25) is 4.79 Å². The summed E-state index contributed by atoms with van der Waals surface area (Å²) in [6.45, 7) is 5.10. The molecule has 1 aromatic rings. The van der Waals surface area contributed by atoms with E-state index in [1.807, 2.05) is 11.4 Å². The highest BCUT2D eigenvalue weighted by Gasteiger charge is 2.25. The van der Waals surface area contributed by atoms with E-state index in [2.05, 4.69) is 19.2 Å². The van der Waals surface area contributed by atoms with Gasteiger partial charge in [0.15, 0.2) is 0 Å². The number of rotatable bonds is 3. The lowest BCUT2D eigenvalue weighted by atomic mass is 10.1. The number of amides is 1. The lowest BCUT2D eigenvalue weighted by Crippen LogP contribution is -2.48. The molecule has 2 heterocycles. The zero-order valence-electron chi connectivity index (χ0n) is 10.7. The third kappa shape index (κ3) is 3.10. The zero-order chi connectivity index (χ0) is 13.1. The van der Waals surface area contributed by atoms with E-state index in [0.717, 1.165) is 0 Å². The van der Waals surface area contributed by atoms with Gasteiger partial charge in [0.2, 0.25) is 0 Å². The molecule has 5 heteroatoms. The molecule has 0 bridgehead atoms. The molecule has 0 unspecified atom stereocenters. The van der Waals surface area contributed by atoms with E-state index < -0.39 is 6.10 Å². The summed E-state index contributed by atoms with van der Waals surface area (Å²) < 4.78 is 5.14. The van der Waals surface area contributed by atoms with E-state index in [9.17, 15) is 9.90 Å². The van der Waals surface area contributed by atoms with Crippen molar-refractivity contribution in [1.82, 2.24) is 5.32 Å². The van der Waals surface area contributed by atoms with E-state index in [1.165, 1.54) is 4.88 Å². The van der Waals surface area contributed by atoms with Gasteiger partial charge in [-0.2, -0.15) is 0 Å². The van der Waals surface area contributed by atoms with Crippen molar-refractivity contribution in [2.24, 2.45) is 0 Å². The van der Waals surface area contributed by atoms with Gasteiger partial charge in [0.1, 0.15) is 0 Å². The lowest BCUT2D eigenvalue weighted by Gasteiger charge is -2.28. The van der Waals surface area contributed by atoms with Gasteiger partial charge in [0.05, 0.1) is 24.3 Å². The molecule has 100 valence electrons. The number of aliphatic hydroxyl groups is 1. The smallest absolute Gasteiger partial charge is 0.252 e. The van der Waals surface area contributed by atoms with Crippen molar-refractivity contribution < 1.29 is 14.6 Å². The molecule has 2 atom stereocenters. The molecule has 4 nitrogen and oxygen atoms in total. The molecular formula is C13H19NO3S. The number of thiophene rings is 1. The van der Waals surface area contributed by atoms with Crippen molar-refractivity contribution >= 4 is 17.2 Å². The summed E-state index contributed by atoms with van der Waals surface area (Å²) in [5.41, 5.74) is 0.683. The van der Waals surface area contributed by atoms with Gasteiger partial charge in [0, 0.05) is 16.9 Å². The Bertz CT molecular complexity index is 416. The lowest BCUT2D eigenvalue weighted by molar-refractivity contribution is -0.0260. The van der Waals surface area contributed by atoms with Crippen molar-refractivity contribution in [1.29, 1.82) is 0 Å². The van der Waals surface area contributed by atoms with Gasteiger partial charge in [0.25, 0.3) is 5.91 Å². The van der Waals surface area contributed by atoms with Gasteiger partial charge in [-0.05, 0) is 18.4 Å². The van der Waals surface area contributed by atoms with Crippen LogP contribution in [-0.2, 0) is 4.74 Å². The molecule has 1 amide bonds. The van der Waals surface area contributed by atoms with Crippen molar-refractivity contribution in [3.63, 3.8) is 0 Å². The number of carbonyl (C=O) groups is 1. The number of hydrogen-bond donors (Lipinski definition) is 2. The maximum absolute atomic E-state index is 12.0. The molecule has 0 spiro atoms. The Morgan fingerprint density at radius 1 is 1.61 bits per heavy atom. The second-order valence-electron chi connectivity index (χ2n) is 4.90. The van der Waals surface area contributed by atoms with Crippen LogP contribution in [0.3, 0.4) is 0 Å². The molecule has 18 heavy (non-hydrogen) atoms. The molecule has 1 saturated heterocycles. The average Bonchev–Trinajstić information content (AvgIpc) is 2.81. The number of hydrogen-bond acceptors (Lipinski definition) is 4. The third-order valence-electron chi connectivity index (χ3n) is 3.09. The maximum atomic E-state index is 12.0. The molecule has 0 saturated carbocycles. The Morgan fingerprint density at radius 3 is 3.00 bits per heavy atom. The second kappa shape index (κ2) is 5.82. The fraction of sp³-hybridized carbons (Fsp3) is 0.615. The van der Waals surface area contributed by atoms with Crippen molar-refractivity contribution in [2.45, 2.75) is 38.3 Å². The first kappa shape index (κ1) is 13.5. The first-order chi connectivity index (χ1) is 8.58. The molecule has 1 fully saturated rings. The van der Waals surface area contributed by atoms with Crippen LogP contribution in [0.5, 0.6) is 0 Å². The Balaban J connectivity index is 1.98. The average molecular weight is 269 g/mol. The first-order valence-corrected chi connectivity index (χ1v) is 7.11. The standard InChI is InChI=1S/C13H19NO3S/c1-8(2)12-5-9(7-18-12)13(16)14-10-3-4-17-6-11(10)15/h5,7-8,10-11,15H,3-4,6H2,1-2H3,(H,14,16)/t10-,11-/m1/s1. The molecule has 0 aliphatic carbocycles. The van der Waals surface area contributed by atoms with Crippen LogP contribution in [0.25, 0.3) is 0 Å². The van der Waals surface area contributed by atoms with E-state index >= 15 is 0 Å². The van der Waals surface area contributed by atoms with Crippen LogP contribution in [0.2, 0.25) is 0 Å². The number of carbonyl (C=O) groups excluding carboxylic acids is 1. The van der Waals surface area contributed by atoms with Gasteiger partial charge in [-0.15, -0.1) is 11.3 Å². The van der Waals surface area contributed by atoms with E-state index in [0.29, 0.717) is 31.1 Å². The zero-order valence-corrected chi connectivity index (χ0v) is 11.5. The topological polar surface area (TPSA) is 58.6 Å². The number of ether oxygens (including phenoxy) is 1. The molecular weight excluding hydrogens is 250 g/mol. The van der Waals surface area contributed by atoms with E-state index in [4.69, 9.17) is 4.74 Å². The maximum Gasteiger partial charge on any atom is 0.252 e. The van der Waals surface area contributed by atoms with Crippen molar-refractivity contribution in [3.05, 3.63) is 21.9 Å². The Labute approximate surface area is 111 Å². The summed E-state index contributed by atoms with van der Waals surface area (Å²) in [5.74, 6) is 0.328. The van der Waals surface area contributed by atoms with Crippen LogP contribution in [0, 0.1) is 0 Å². The summed E-state index contributed by atoms with van der Waals surface area (Å²) in [6.07, 6.45) is 0.0552. The summed E-state index contributed by atoms with van der Waals surface area (Å²) in [6, 6.07) is 1.73. The third-order valence-corrected chi connectivity index (χ3v) is 4.33. The van der Waals surface area contributed by atoms with Gasteiger partial charge in [-0.25, -0.2) is 0 Å². The quantitative estimate of drug-likeness (QED) is 0.879. The van der Waals surface area contributed by atoms with Crippen LogP contribution >= 0.6 is 11.3 Å². The predicted molar refractivity (Wildman–Crippen MR) is 71.1 cm³/mol. The minimum Gasteiger partial charge on any atom is -0.389 e. The molecule has 2 rings (SSSR count). The van der Waals surface area contributed by atoms with Crippen LogP contribution in [-0.4, -0.2) is 36.4 Å². The van der Waals surface area contributed by atoms with Gasteiger partial charge in [-0.1, -0.05) is 13.8 Å². The monoisotopic (exact) mass is 269 g/mol. The van der Waals surface area contributed by atoms with Crippen molar-refractivity contribution in [2.75, 3.05) is 13.2 Å². The van der Waals surface area contributed by atoms with Crippen LogP contribution in [0.15, 0.2) is 11.4 Å². The Hall–Kier alpha value is -0.910. The predicted octanol–water partition coefficient (Wildman–Crippen LogP) is 1.75. The summed E-state index contributed by atoms with van der Waals surface area (Å²) in [7, 11) is 0. The summed E-state index contributed by atoms with van der Waals surface area (Å²) in [5, 5.41) is 14.5. The van der Waals surface area contributed by atoms with Gasteiger partial charge >= 0.3 is 0 Å². The Morgan fingerprint density at radius 2 is 2.39 bits per heavy atom.